The van der Waals surface area contributed by atoms with E-state index in [1.165, 1.54) is 4.90 Å². The van der Waals surface area contributed by atoms with E-state index in [1.54, 1.807) is 18.1 Å². The third-order valence-electron chi connectivity index (χ3n) is 6.53. The summed E-state index contributed by atoms with van der Waals surface area (Å²) in [7, 11) is 1.57. The lowest BCUT2D eigenvalue weighted by atomic mass is 9.94. The maximum absolute atomic E-state index is 14.0. The predicted molar refractivity (Wildman–Crippen MR) is 137 cm³/mol. The first-order valence-corrected chi connectivity index (χ1v) is 12.0. The van der Waals surface area contributed by atoms with Crippen molar-refractivity contribution in [2.75, 3.05) is 33.4 Å². The monoisotopic (exact) mass is 488 g/mol. The number of rotatable bonds is 10. The highest BCUT2D eigenvalue weighted by molar-refractivity contribution is 6.03. The minimum absolute atomic E-state index is 0.160. The van der Waals surface area contributed by atoms with Crippen molar-refractivity contribution >= 4 is 17.8 Å². The Hall–Kier alpha value is -3.91. The van der Waals surface area contributed by atoms with Crippen LogP contribution in [0.1, 0.15) is 22.7 Å². The maximum atomic E-state index is 14.0. The van der Waals surface area contributed by atoms with Gasteiger partial charge >= 0.3 is 6.03 Å². The van der Waals surface area contributed by atoms with Gasteiger partial charge in [0.1, 0.15) is 6.04 Å². The first-order chi connectivity index (χ1) is 17.4. The van der Waals surface area contributed by atoms with E-state index >= 15 is 0 Å². The summed E-state index contributed by atoms with van der Waals surface area (Å²) in [6.07, 6.45) is 1.98. The molecular formula is C28H32N4O4. The second kappa shape index (κ2) is 11.2. The molecular weight excluding hydrogens is 456 g/mol. The van der Waals surface area contributed by atoms with Crippen LogP contribution < -0.4 is 10.6 Å². The second-order valence-electron chi connectivity index (χ2n) is 8.98. The highest BCUT2D eigenvalue weighted by Crippen LogP contribution is 2.37. The first-order valence-electron chi connectivity index (χ1n) is 12.0. The van der Waals surface area contributed by atoms with Crippen LogP contribution in [0.25, 0.3) is 0 Å². The van der Waals surface area contributed by atoms with Gasteiger partial charge in [-0.15, -0.1) is 6.58 Å². The molecule has 0 radical (unpaired) electrons. The fourth-order valence-corrected chi connectivity index (χ4v) is 4.67. The lowest BCUT2D eigenvalue weighted by Gasteiger charge is -2.33. The molecule has 4 rings (SSSR count). The number of aryl methyl sites for hydroxylation is 1. The number of carbonyl (C=O) groups excluding carboxylic acids is 3. The van der Waals surface area contributed by atoms with E-state index < -0.39 is 12.1 Å². The molecule has 2 unspecified atom stereocenters. The van der Waals surface area contributed by atoms with E-state index in [2.05, 4.69) is 17.2 Å². The Balaban J connectivity index is 1.70. The number of methoxy groups -OCH3 is 1. The SMILES string of the molecule is C=CCN1C(=O)NC(c2ccc(C)cc2)C2=C1CN(C(Cc1ccccc1)C(=O)NCCOC)C2=O. The summed E-state index contributed by atoms with van der Waals surface area (Å²) in [6, 6.07) is 15.7. The Morgan fingerprint density at radius 1 is 1.19 bits per heavy atom. The lowest BCUT2D eigenvalue weighted by Crippen LogP contribution is -2.50. The topological polar surface area (TPSA) is 91.0 Å². The number of urea groups is 1. The minimum atomic E-state index is -0.748. The molecule has 0 saturated heterocycles. The number of hydrogen-bond acceptors (Lipinski definition) is 4. The van der Waals surface area contributed by atoms with E-state index in [-0.39, 0.29) is 30.9 Å². The van der Waals surface area contributed by atoms with E-state index in [9.17, 15) is 14.4 Å². The molecule has 2 aromatic carbocycles. The fourth-order valence-electron chi connectivity index (χ4n) is 4.67. The normalized spacial score (nSPS) is 18.1. The van der Waals surface area contributed by atoms with Crippen molar-refractivity contribution < 1.29 is 19.1 Å². The smallest absolute Gasteiger partial charge is 0.322 e. The van der Waals surface area contributed by atoms with Crippen molar-refractivity contribution in [2.24, 2.45) is 0 Å². The van der Waals surface area contributed by atoms with Gasteiger partial charge in [0.05, 0.1) is 30.5 Å². The van der Waals surface area contributed by atoms with Crippen molar-refractivity contribution in [3.05, 3.63) is 95.2 Å². The average molecular weight is 489 g/mol. The zero-order valence-electron chi connectivity index (χ0n) is 20.7. The molecule has 0 fully saturated rings. The van der Waals surface area contributed by atoms with Gasteiger partial charge in [0.2, 0.25) is 5.91 Å². The maximum Gasteiger partial charge on any atom is 0.322 e. The quantitative estimate of drug-likeness (QED) is 0.398. The zero-order valence-corrected chi connectivity index (χ0v) is 20.7. The highest BCUT2D eigenvalue weighted by atomic mass is 16.5. The van der Waals surface area contributed by atoms with Gasteiger partial charge in [0.15, 0.2) is 0 Å². The van der Waals surface area contributed by atoms with Crippen LogP contribution in [0, 0.1) is 6.92 Å². The van der Waals surface area contributed by atoms with Gasteiger partial charge in [-0.05, 0) is 18.1 Å². The second-order valence-corrected chi connectivity index (χ2v) is 8.98. The van der Waals surface area contributed by atoms with Gasteiger partial charge in [-0.1, -0.05) is 66.2 Å². The summed E-state index contributed by atoms with van der Waals surface area (Å²) >= 11 is 0. The number of nitrogens with one attached hydrogen (secondary N) is 2. The highest BCUT2D eigenvalue weighted by Gasteiger charge is 2.46. The molecule has 0 saturated carbocycles. The molecule has 0 bridgehead atoms. The van der Waals surface area contributed by atoms with Crippen molar-refractivity contribution in [3.63, 3.8) is 0 Å². The van der Waals surface area contributed by atoms with Crippen LogP contribution in [0.3, 0.4) is 0 Å². The molecule has 8 heteroatoms. The Labute approximate surface area is 211 Å². The summed E-state index contributed by atoms with van der Waals surface area (Å²) in [6.45, 7) is 6.88. The van der Waals surface area contributed by atoms with Crippen LogP contribution in [0.2, 0.25) is 0 Å². The molecule has 0 aliphatic carbocycles. The molecule has 2 heterocycles. The van der Waals surface area contributed by atoms with E-state index in [0.29, 0.717) is 30.8 Å². The Kier molecular flexibility index (Phi) is 7.85. The van der Waals surface area contributed by atoms with Crippen molar-refractivity contribution in [1.82, 2.24) is 20.4 Å². The minimum Gasteiger partial charge on any atom is -0.383 e. The molecule has 2 atom stereocenters. The third kappa shape index (κ3) is 5.18. The molecule has 0 spiro atoms. The lowest BCUT2D eigenvalue weighted by molar-refractivity contribution is -0.136. The molecule has 8 nitrogen and oxygen atoms in total. The van der Waals surface area contributed by atoms with Gasteiger partial charge in [-0.25, -0.2) is 4.79 Å². The van der Waals surface area contributed by atoms with Crippen LogP contribution in [-0.4, -0.2) is 67.0 Å². The van der Waals surface area contributed by atoms with E-state index in [1.807, 2.05) is 61.5 Å². The standard InChI is InChI=1S/C28H32N4O4/c1-4-15-31-23-18-32(22(26(33)29-14-16-36-3)17-20-8-6-5-7-9-20)27(34)24(23)25(30-28(31)35)21-12-10-19(2)11-13-21/h4-13,22,25H,1,14-18H2,2-3H3,(H,29,33)(H,30,35). The van der Waals surface area contributed by atoms with Crippen molar-refractivity contribution in [2.45, 2.75) is 25.4 Å². The molecule has 2 aromatic rings. The largest absolute Gasteiger partial charge is 0.383 e. The fraction of sp³-hybridized carbons (Fsp3) is 0.321. The molecule has 36 heavy (non-hydrogen) atoms. The van der Waals surface area contributed by atoms with E-state index in [0.717, 1.165) is 16.7 Å². The third-order valence-corrected chi connectivity index (χ3v) is 6.53. The zero-order chi connectivity index (χ0) is 25.7. The predicted octanol–water partition coefficient (Wildman–Crippen LogP) is 2.72. The molecule has 2 aliphatic rings. The summed E-state index contributed by atoms with van der Waals surface area (Å²) in [4.78, 5) is 43.5. The molecule has 0 aromatic heterocycles. The van der Waals surface area contributed by atoms with Gasteiger partial charge in [-0.3, -0.25) is 14.5 Å². The number of nitrogens with zero attached hydrogens (tertiary/aromatic N) is 2. The van der Waals surface area contributed by atoms with Crippen LogP contribution in [0.4, 0.5) is 4.79 Å². The van der Waals surface area contributed by atoms with Crippen LogP contribution in [0.5, 0.6) is 0 Å². The number of carbonyl (C=O) groups is 3. The van der Waals surface area contributed by atoms with Gasteiger partial charge in [0.25, 0.3) is 5.91 Å². The molecule has 2 N–H and O–H groups in total. The number of amides is 4. The molecule has 188 valence electrons. The first kappa shape index (κ1) is 25.2. The Morgan fingerprint density at radius 3 is 2.58 bits per heavy atom. The van der Waals surface area contributed by atoms with Gasteiger partial charge < -0.3 is 20.3 Å². The van der Waals surface area contributed by atoms with Crippen molar-refractivity contribution in [1.29, 1.82) is 0 Å². The summed E-state index contributed by atoms with van der Waals surface area (Å²) < 4.78 is 5.07. The van der Waals surface area contributed by atoms with Crippen LogP contribution in [0.15, 0.2) is 78.5 Å². The summed E-state index contributed by atoms with van der Waals surface area (Å²) in [5, 5.41) is 5.87. The average Bonchev–Trinajstić information content (AvgIpc) is 3.22. The Bertz CT molecular complexity index is 1160. The number of hydrogen-bond donors (Lipinski definition) is 2. The number of benzene rings is 2. The van der Waals surface area contributed by atoms with Gasteiger partial charge in [0, 0.05) is 26.6 Å². The molecule has 2 aliphatic heterocycles. The van der Waals surface area contributed by atoms with Crippen molar-refractivity contribution in [3.8, 4) is 0 Å². The Morgan fingerprint density at radius 2 is 1.92 bits per heavy atom. The van der Waals surface area contributed by atoms with E-state index in [4.69, 9.17) is 4.74 Å². The summed E-state index contributed by atoms with van der Waals surface area (Å²) in [5.41, 5.74) is 3.94. The summed E-state index contributed by atoms with van der Waals surface area (Å²) in [5.74, 6) is -0.516. The molecule has 4 amide bonds. The van der Waals surface area contributed by atoms with Gasteiger partial charge in [-0.2, -0.15) is 0 Å². The van der Waals surface area contributed by atoms with Crippen LogP contribution in [-0.2, 0) is 20.7 Å². The number of ether oxygens (including phenoxy) is 1. The van der Waals surface area contributed by atoms with Crippen LogP contribution >= 0.6 is 0 Å².